The van der Waals surface area contributed by atoms with Gasteiger partial charge >= 0.3 is 0 Å². The van der Waals surface area contributed by atoms with E-state index < -0.39 is 0 Å². The number of hydrogen-bond acceptors (Lipinski definition) is 1. The molecule has 1 aromatic rings. The maximum atomic E-state index is 2.77. The maximum Gasteiger partial charge on any atom is 0.0165 e. The van der Waals surface area contributed by atoms with Gasteiger partial charge in [-0.15, -0.1) is 0 Å². The smallest absolute Gasteiger partial charge is 0.0165 e. The highest BCUT2D eigenvalue weighted by atomic mass is 15.1. The van der Waals surface area contributed by atoms with Crippen molar-refractivity contribution in [2.45, 2.75) is 63.2 Å². The molecule has 2 aliphatic carbocycles. The van der Waals surface area contributed by atoms with Gasteiger partial charge in [-0.25, -0.2) is 0 Å². The van der Waals surface area contributed by atoms with E-state index in [1.165, 1.54) is 83.0 Å². The van der Waals surface area contributed by atoms with Gasteiger partial charge in [0.2, 0.25) is 0 Å². The van der Waals surface area contributed by atoms with Gasteiger partial charge in [-0.2, -0.15) is 0 Å². The molecule has 0 atom stereocenters. The average Bonchev–Trinajstić information content (AvgIpc) is 2.91. The second-order valence-corrected chi connectivity index (χ2v) is 8.09. The second kappa shape index (κ2) is 6.81. The number of allylic oxidation sites excluding steroid dienone is 1. The molecule has 1 nitrogen and oxygen atoms in total. The molecule has 4 rings (SSSR count). The molecule has 1 saturated carbocycles. The van der Waals surface area contributed by atoms with E-state index in [4.69, 9.17) is 0 Å². The van der Waals surface area contributed by atoms with Crippen molar-refractivity contribution in [3.05, 3.63) is 41.5 Å². The van der Waals surface area contributed by atoms with Crippen LogP contribution in [0.3, 0.4) is 0 Å². The summed E-state index contributed by atoms with van der Waals surface area (Å²) in [5, 5.41) is 0. The lowest BCUT2D eigenvalue weighted by atomic mass is 9.74. The van der Waals surface area contributed by atoms with Crippen LogP contribution in [0, 0.1) is 5.92 Å². The molecule has 1 aliphatic heterocycles. The van der Waals surface area contributed by atoms with Gasteiger partial charge in [-0.3, -0.25) is 0 Å². The summed E-state index contributed by atoms with van der Waals surface area (Å²) in [6.45, 7) is 3.94. The Hall–Kier alpha value is -1.08. The van der Waals surface area contributed by atoms with Crippen molar-refractivity contribution in [2.24, 2.45) is 5.92 Å². The van der Waals surface area contributed by atoms with E-state index in [1.54, 1.807) is 5.56 Å². The van der Waals surface area contributed by atoms with Gasteiger partial charge < -0.3 is 4.90 Å². The summed E-state index contributed by atoms with van der Waals surface area (Å²) in [5.41, 5.74) is 3.40. The fourth-order valence-corrected chi connectivity index (χ4v) is 5.09. The molecule has 1 heteroatoms. The van der Waals surface area contributed by atoms with Gasteiger partial charge in [0.25, 0.3) is 0 Å². The molecule has 0 amide bonds. The first-order chi connectivity index (χ1) is 11.4. The highest BCUT2D eigenvalue weighted by Crippen LogP contribution is 2.43. The number of hydrogen-bond donors (Lipinski definition) is 0. The fourth-order valence-electron chi connectivity index (χ4n) is 5.09. The summed E-state index contributed by atoms with van der Waals surface area (Å²) in [6, 6.07) is 9.03. The van der Waals surface area contributed by atoms with Crippen LogP contribution in [-0.2, 0) is 5.41 Å². The lowest BCUT2D eigenvalue weighted by Crippen LogP contribution is -2.43. The number of benzene rings is 1. The molecule has 2 fully saturated rings. The van der Waals surface area contributed by atoms with Crippen molar-refractivity contribution in [3.8, 4) is 0 Å². The van der Waals surface area contributed by atoms with E-state index in [-0.39, 0.29) is 0 Å². The molecular weight excluding hydrogens is 278 g/mol. The van der Waals surface area contributed by atoms with Gasteiger partial charge in [-0.1, -0.05) is 68.5 Å². The summed E-state index contributed by atoms with van der Waals surface area (Å²) < 4.78 is 0. The molecule has 0 N–H and O–H groups in total. The Morgan fingerprint density at radius 2 is 1.61 bits per heavy atom. The Morgan fingerprint density at radius 3 is 2.39 bits per heavy atom. The predicted octanol–water partition coefficient (Wildman–Crippen LogP) is 5.41. The van der Waals surface area contributed by atoms with Crippen LogP contribution in [-0.4, -0.2) is 24.5 Å². The molecule has 0 radical (unpaired) electrons. The number of nitrogens with zero attached hydrogens (tertiary/aromatic N) is 1. The van der Waals surface area contributed by atoms with Crippen molar-refractivity contribution in [2.75, 3.05) is 19.6 Å². The van der Waals surface area contributed by atoms with Gasteiger partial charge in [-0.05, 0) is 55.8 Å². The van der Waals surface area contributed by atoms with Crippen molar-refractivity contribution in [3.63, 3.8) is 0 Å². The number of likely N-dealkylation sites (tertiary alicyclic amines) is 1. The molecule has 1 spiro atoms. The summed E-state index contributed by atoms with van der Waals surface area (Å²) in [4.78, 5) is 2.77. The zero-order valence-corrected chi connectivity index (χ0v) is 14.5. The van der Waals surface area contributed by atoms with E-state index in [9.17, 15) is 0 Å². The van der Waals surface area contributed by atoms with Gasteiger partial charge in [0.1, 0.15) is 0 Å². The summed E-state index contributed by atoms with van der Waals surface area (Å²) in [6.07, 6.45) is 17.8. The molecule has 0 unspecified atom stereocenters. The molecule has 23 heavy (non-hydrogen) atoms. The summed E-state index contributed by atoms with van der Waals surface area (Å²) in [7, 11) is 0. The van der Waals surface area contributed by atoms with E-state index in [1.807, 2.05) is 0 Å². The van der Waals surface area contributed by atoms with E-state index in [0.717, 1.165) is 5.92 Å². The topological polar surface area (TPSA) is 3.24 Å². The molecule has 1 aromatic carbocycles. The Balaban J connectivity index is 1.35. The van der Waals surface area contributed by atoms with Crippen molar-refractivity contribution >= 4 is 6.08 Å². The third kappa shape index (κ3) is 3.26. The van der Waals surface area contributed by atoms with Crippen LogP contribution in [0.4, 0.5) is 0 Å². The molecule has 124 valence electrons. The molecule has 1 saturated heterocycles. The lowest BCUT2D eigenvalue weighted by Gasteiger charge is -2.40. The van der Waals surface area contributed by atoms with Crippen molar-refractivity contribution in [1.82, 2.24) is 4.90 Å². The highest BCUT2D eigenvalue weighted by Gasteiger charge is 2.37. The quantitative estimate of drug-likeness (QED) is 0.706. The average molecular weight is 309 g/mol. The standard InChI is InChI=1S/C22H31N/c1-2-4-8-19(9-5-3-1)18-23-16-14-22(15-17-23)13-12-20-10-6-7-11-21(20)22/h6-7,10-13,19H,1-5,8-9,14-18H2. The zero-order chi connectivity index (χ0) is 15.5. The van der Waals surface area contributed by atoms with Crippen LogP contribution in [0.15, 0.2) is 30.3 Å². The van der Waals surface area contributed by atoms with Gasteiger partial charge in [0.05, 0.1) is 0 Å². The van der Waals surface area contributed by atoms with Crippen LogP contribution in [0.25, 0.3) is 6.08 Å². The maximum absolute atomic E-state index is 2.77. The lowest BCUT2D eigenvalue weighted by molar-refractivity contribution is 0.149. The second-order valence-electron chi connectivity index (χ2n) is 8.09. The SMILES string of the molecule is C1=CC2(CCN(CC3CCCCCCC3)CC2)c2ccccc21. The third-order valence-electron chi connectivity index (χ3n) is 6.57. The summed E-state index contributed by atoms with van der Waals surface area (Å²) >= 11 is 0. The predicted molar refractivity (Wildman–Crippen MR) is 98.6 cm³/mol. The zero-order valence-electron chi connectivity index (χ0n) is 14.5. The summed E-state index contributed by atoms with van der Waals surface area (Å²) in [5.74, 6) is 0.968. The minimum atomic E-state index is 0.355. The number of rotatable bonds is 2. The largest absolute Gasteiger partial charge is 0.303 e. The van der Waals surface area contributed by atoms with Crippen molar-refractivity contribution < 1.29 is 0 Å². The Morgan fingerprint density at radius 1 is 0.913 bits per heavy atom. The van der Waals surface area contributed by atoms with Crippen LogP contribution in [0.5, 0.6) is 0 Å². The number of piperidine rings is 1. The van der Waals surface area contributed by atoms with E-state index in [0.29, 0.717) is 5.41 Å². The van der Waals surface area contributed by atoms with Crippen LogP contribution >= 0.6 is 0 Å². The molecular formula is C22H31N. The van der Waals surface area contributed by atoms with E-state index >= 15 is 0 Å². The molecule has 0 aromatic heterocycles. The highest BCUT2D eigenvalue weighted by molar-refractivity contribution is 5.65. The Labute approximate surface area is 141 Å². The third-order valence-corrected chi connectivity index (χ3v) is 6.57. The molecule has 3 aliphatic rings. The van der Waals surface area contributed by atoms with Crippen LogP contribution < -0.4 is 0 Å². The number of fused-ring (bicyclic) bond motifs is 2. The van der Waals surface area contributed by atoms with Crippen LogP contribution in [0.1, 0.15) is 68.9 Å². The normalized spacial score (nSPS) is 25.2. The van der Waals surface area contributed by atoms with Gasteiger partial charge in [0.15, 0.2) is 0 Å². The first-order valence-electron chi connectivity index (χ1n) is 9.87. The van der Waals surface area contributed by atoms with Crippen LogP contribution in [0.2, 0.25) is 0 Å². The Bertz CT molecular complexity index is 543. The van der Waals surface area contributed by atoms with Gasteiger partial charge in [0, 0.05) is 12.0 Å². The monoisotopic (exact) mass is 309 g/mol. The minimum absolute atomic E-state index is 0.355. The van der Waals surface area contributed by atoms with Crippen molar-refractivity contribution in [1.29, 1.82) is 0 Å². The Kier molecular flexibility index (Phi) is 4.57. The fraction of sp³-hybridized carbons (Fsp3) is 0.636. The first kappa shape index (κ1) is 15.4. The molecule has 1 heterocycles. The minimum Gasteiger partial charge on any atom is -0.303 e. The van der Waals surface area contributed by atoms with E-state index in [2.05, 4.69) is 41.3 Å². The molecule has 0 bridgehead atoms. The first-order valence-corrected chi connectivity index (χ1v) is 9.87.